The van der Waals surface area contributed by atoms with Crippen molar-refractivity contribution in [2.75, 3.05) is 26.2 Å². The summed E-state index contributed by atoms with van der Waals surface area (Å²) in [5, 5.41) is 10.9. The van der Waals surface area contributed by atoms with Crippen molar-refractivity contribution in [2.45, 2.75) is 46.0 Å². The molecule has 1 heterocycles. The number of carbonyl (C=O) groups excluding carboxylic acids is 1. The molecule has 0 unspecified atom stereocenters. The van der Waals surface area contributed by atoms with Crippen LogP contribution in [0.25, 0.3) is 0 Å². The minimum atomic E-state index is -1.000. The molecule has 1 aliphatic rings. The van der Waals surface area contributed by atoms with Crippen LogP contribution in [0.5, 0.6) is 0 Å². The molecule has 0 aromatic heterocycles. The number of hydrogen-bond donors (Lipinski definition) is 2. The van der Waals surface area contributed by atoms with Crippen LogP contribution in [0.3, 0.4) is 0 Å². The summed E-state index contributed by atoms with van der Waals surface area (Å²) in [7, 11) is 0. The second kappa shape index (κ2) is 7.48. The van der Waals surface area contributed by atoms with Crippen LogP contribution in [0.15, 0.2) is 0 Å². The average Bonchev–Trinajstić information content (AvgIpc) is 2.59. The van der Waals surface area contributed by atoms with Crippen LogP contribution in [0.1, 0.15) is 46.0 Å². The molecule has 0 spiro atoms. The number of rotatable bonds is 6. The molecule has 5 heteroatoms. The van der Waals surface area contributed by atoms with Gasteiger partial charge in [0.05, 0.1) is 6.54 Å². The Bertz CT molecular complexity index is 314. The van der Waals surface area contributed by atoms with Crippen LogP contribution in [-0.4, -0.2) is 48.1 Å². The van der Waals surface area contributed by atoms with Crippen molar-refractivity contribution in [3.8, 4) is 0 Å². The molecule has 1 saturated heterocycles. The van der Waals surface area contributed by atoms with Gasteiger partial charge in [0, 0.05) is 0 Å². The third kappa shape index (κ3) is 5.19. The van der Waals surface area contributed by atoms with E-state index in [9.17, 15) is 9.59 Å². The standard InChI is InChI=1S/C14H26N2O3/c1-3-14(4-2)6-5-8-16(9-7-14)11-12(17)15-10-13(18)19/h3-11H2,1-2H3,(H,15,17)(H,18,19). The molecule has 110 valence electrons. The third-order valence-electron chi connectivity index (χ3n) is 4.44. The molecule has 2 N–H and O–H groups in total. The highest BCUT2D eigenvalue weighted by Crippen LogP contribution is 2.37. The molecule has 1 fully saturated rings. The van der Waals surface area contributed by atoms with E-state index in [1.54, 1.807) is 0 Å². The van der Waals surface area contributed by atoms with Crippen molar-refractivity contribution < 1.29 is 14.7 Å². The summed E-state index contributed by atoms with van der Waals surface area (Å²) in [6.07, 6.45) is 5.87. The molecule has 0 aromatic carbocycles. The summed E-state index contributed by atoms with van der Waals surface area (Å²) in [6, 6.07) is 0. The van der Waals surface area contributed by atoms with E-state index >= 15 is 0 Å². The minimum Gasteiger partial charge on any atom is -0.480 e. The van der Waals surface area contributed by atoms with E-state index in [1.165, 1.54) is 19.3 Å². The molecule has 5 nitrogen and oxygen atoms in total. The third-order valence-corrected chi connectivity index (χ3v) is 4.44. The average molecular weight is 270 g/mol. The van der Waals surface area contributed by atoms with E-state index in [-0.39, 0.29) is 12.5 Å². The predicted molar refractivity (Wildman–Crippen MR) is 74.0 cm³/mol. The Morgan fingerprint density at radius 3 is 2.47 bits per heavy atom. The number of nitrogens with one attached hydrogen (secondary N) is 1. The van der Waals surface area contributed by atoms with E-state index in [0.29, 0.717) is 12.0 Å². The maximum absolute atomic E-state index is 11.6. The second-order valence-electron chi connectivity index (χ2n) is 5.51. The number of hydrogen-bond acceptors (Lipinski definition) is 3. The van der Waals surface area contributed by atoms with Gasteiger partial charge in [-0.1, -0.05) is 26.7 Å². The summed E-state index contributed by atoms with van der Waals surface area (Å²) < 4.78 is 0. The summed E-state index contributed by atoms with van der Waals surface area (Å²) >= 11 is 0. The van der Waals surface area contributed by atoms with Crippen LogP contribution in [0.4, 0.5) is 0 Å². The predicted octanol–water partition coefficient (Wildman–Crippen LogP) is 1.48. The summed E-state index contributed by atoms with van der Waals surface area (Å²) in [6.45, 7) is 6.39. The summed E-state index contributed by atoms with van der Waals surface area (Å²) in [5.41, 5.74) is 0.437. The summed E-state index contributed by atoms with van der Waals surface area (Å²) in [4.78, 5) is 24.1. The van der Waals surface area contributed by atoms with Gasteiger partial charge >= 0.3 is 5.97 Å². The van der Waals surface area contributed by atoms with Crippen molar-refractivity contribution in [1.82, 2.24) is 10.2 Å². The molecule has 0 radical (unpaired) electrons. The van der Waals surface area contributed by atoms with E-state index < -0.39 is 5.97 Å². The van der Waals surface area contributed by atoms with Gasteiger partial charge in [0.2, 0.25) is 5.91 Å². The van der Waals surface area contributed by atoms with Gasteiger partial charge < -0.3 is 10.4 Å². The van der Waals surface area contributed by atoms with E-state index in [1.807, 2.05) is 0 Å². The van der Waals surface area contributed by atoms with Gasteiger partial charge in [-0.05, 0) is 37.8 Å². The Hall–Kier alpha value is -1.10. The number of carboxylic acid groups (broad SMARTS) is 1. The Morgan fingerprint density at radius 2 is 1.89 bits per heavy atom. The fourth-order valence-corrected chi connectivity index (χ4v) is 2.86. The highest BCUT2D eigenvalue weighted by atomic mass is 16.4. The van der Waals surface area contributed by atoms with Crippen molar-refractivity contribution in [3.63, 3.8) is 0 Å². The lowest BCUT2D eigenvalue weighted by atomic mass is 9.76. The van der Waals surface area contributed by atoms with Crippen LogP contribution in [0, 0.1) is 5.41 Å². The summed E-state index contributed by atoms with van der Waals surface area (Å²) in [5.74, 6) is -1.19. The maximum Gasteiger partial charge on any atom is 0.322 e. The first-order chi connectivity index (χ1) is 9.01. The molecular weight excluding hydrogens is 244 g/mol. The first-order valence-corrected chi connectivity index (χ1v) is 7.22. The number of carboxylic acids is 1. The number of aliphatic carboxylic acids is 1. The fraction of sp³-hybridized carbons (Fsp3) is 0.857. The second-order valence-corrected chi connectivity index (χ2v) is 5.51. The van der Waals surface area contributed by atoms with Gasteiger partial charge in [-0.25, -0.2) is 0 Å². The normalized spacial score (nSPS) is 19.7. The SMILES string of the molecule is CCC1(CC)CCCN(CC(=O)NCC(=O)O)CC1. The Labute approximate surface area is 115 Å². The van der Waals surface area contributed by atoms with Crippen LogP contribution >= 0.6 is 0 Å². The molecule has 0 aromatic rings. The molecule has 0 atom stereocenters. The van der Waals surface area contributed by atoms with Crippen molar-refractivity contribution in [2.24, 2.45) is 5.41 Å². The first kappa shape index (κ1) is 16.0. The van der Waals surface area contributed by atoms with E-state index in [0.717, 1.165) is 25.9 Å². The van der Waals surface area contributed by atoms with Gasteiger partial charge in [0.15, 0.2) is 0 Å². The van der Waals surface area contributed by atoms with Crippen LogP contribution in [0.2, 0.25) is 0 Å². The Morgan fingerprint density at radius 1 is 1.21 bits per heavy atom. The minimum absolute atomic E-state index is 0.192. The van der Waals surface area contributed by atoms with E-state index in [2.05, 4.69) is 24.1 Å². The topological polar surface area (TPSA) is 69.6 Å². The Kier molecular flexibility index (Phi) is 6.28. The quantitative estimate of drug-likeness (QED) is 0.767. The lowest BCUT2D eigenvalue weighted by Gasteiger charge is -2.30. The van der Waals surface area contributed by atoms with Gasteiger partial charge in [0.25, 0.3) is 0 Å². The lowest BCUT2D eigenvalue weighted by molar-refractivity contribution is -0.138. The largest absolute Gasteiger partial charge is 0.480 e. The number of amides is 1. The molecule has 0 saturated carbocycles. The molecule has 1 amide bonds. The lowest BCUT2D eigenvalue weighted by Crippen LogP contribution is -2.39. The Balaban J connectivity index is 2.40. The highest BCUT2D eigenvalue weighted by molar-refractivity contribution is 5.82. The fourth-order valence-electron chi connectivity index (χ4n) is 2.86. The van der Waals surface area contributed by atoms with Gasteiger partial charge in [-0.15, -0.1) is 0 Å². The highest BCUT2D eigenvalue weighted by Gasteiger charge is 2.29. The molecule has 1 rings (SSSR count). The molecule has 0 aliphatic carbocycles. The number of carbonyl (C=O) groups is 2. The monoisotopic (exact) mass is 270 g/mol. The van der Waals surface area contributed by atoms with Gasteiger partial charge in [-0.3, -0.25) is 14.5 Å². The molecule has 1 aliphatic heterocycles. The van der Waals surface area contributed by atoms with Crippen molar-refractivity contribution in [3.05, 3.63) is 0 Å². The van der Waals surface area contributed by atoms with Crippen LogP contribution in [-0.2, 0) is 9.59 Å². The van der Waals surface area contributed by atoms with Crippen molar-refractivity contribution in [1.29, 1.82) is 0 Å². The van der Waals surface area contributed by atoms with Crippen molar-refractivity contribution >= 4 is 11.9 Å². The first-order valence-electron chi connectivity index (χ1n) is 7.22. The molecular formula is C14H26N2O3. The zero-order chi connectivity index (χ0) is 14.3. The van der Waals surface area contributed by atoms with Gasteiger partial charge in [0.1, 0.15) is 6.54 Å². The number of nitrogens with zero attached hydrogens (tertiary/aromatic N) is 1. The van der Waals surface area contributed by atoms with Gasteiger partial charge in [-0.2, -0.15) is 0 Å². The maximum atomic E-state index is 11.6. The van der Waals surface area contributed by atoms with Crippen LogP contribution < -0.4 is 5.32 Å². The molecule has 0 bridgehead atoms. The smallest absolute Gasteiger partial charge is 0.322 e. The number of likely N-dealkylation sites (tertiary alicyclic amines) is 1. The zero-order valence-corrected chi connectivity index (χ0v) is 12.1. The van der Waals surface area contributed by atoms with E-state index in [4.69, 9.17) is 5.11 Å². The zero-order valence-electron chi connectivity index (χ0n) is 12.1. The molecule has 19 heavy (non-hydrogen) atoms.